The first kappa shape index (κ1) is 25.6. The van der Waals surface area contributed by atoms with Gasteiger partial charge in [-0.2, -0.15) is 0 Å². The van der Waals surface area contributed by atoms with Crippen LogP contribution in [0.4, 0.5) is 5.69 Å². The molecule has 2 heterocycles. The largest absolute Gasteiger partial charge is 0.466 e. The molecule has 8 heteroatoms. The van der Waals surface area contributed by atoms with Crippen molar-refractivity contribution in [3.8, 4) is 11.1 Å². The molecule has 1 fully saturated rings. The van der Waals surface area contributed by atoms with E-state index in [0.29, 0.717) is 25.4 Å². The highest BCUT2D eigenvalue weighted by Crippen LogP contribution is 2.32. The third-order valence-corrected chi connectivity index (χ3v) is 7.34. The maximum atomic E-state index is 13.0. The summed E-state index contributed by atoms with van der Waals surface area (Å²) in [4.78, 5) is 43.4. The second kappa shape index (κ2) is 11.9. The molecule has 0 aliphatic carbocycles. The van der Waals surface area contributed by atoms with Crippen molar-refractivity contribution in [2.75, 3.05) is 25.0 Å². The normalized spacial score (nSPS) is 13.9. The van der Waals surface area contributed by atoms with Gasteiger partial charge in [0.2, 0.25) is 5.91 Å². The highest BCUT2D eigenvalue weighted by Gasteiger charge is 2.26. The molecule has 1 N–H and O–H groups in total. The summed E-state index contributed by atoms with van der Waals surface area (Å²) in [6.07, 6.45) is 1.87. The van der Waals surface area contributed by atoms with Crippen LogP contribution in [0.2, 0.25) is 0 Å². The highest BCUT2D eigenvalue weighted by molar-refractivity contribution is 7.10. The van der Waals surface area contributed by atoms with Gasteiger partial charge in [0, 0.05) is 42.1 Å². The predicted octanol–water partition coefficient (Wildman–Crippen LogP) is 5.42. The Bertz CT molecular complexity index is 1210. The van der Waals surface area contributed by atoms with E-state index in [1.807, 2.05) is 31.2 Å². The number of carbonyl (C=O) groups excluding carboxylic acids is 3. The van der Waals surface area contributed by atoms with Crippen molar-refractivity contribution < 1.29 is 19.1 Å². The van der Waals surface area contributed by atoms with E-state index in [9.17, 15) is 14.4 Å². The molecule has 2 aromatic carbocycles. The van der Waals surface area contributed by atoms with Gasteiger partial charge >= 0.3 is 5.97 Å². The van der Waals surface area contributed by atoms with Gasteiger partial charge in [-0.1, -0.05) is 48.0 Å². The average molecular weight is 506 g/mol. The molecule has 0 unspecified atom stereocenters. The van der Waals surface area contributed by atoms with Gasteiger partial charge in [0.05, 0.1) is 18.0 Å². The van der Waals surface area contributed by atoms with Crippen LogP contribution in [-0.4, -0.2) is 47.4 Å². The van der Waals surface area contributed by atoms with E-state index in [-0.39, 0.29) is 36.5 Å². The van der Waals surface area contributed by atoms with Gasteiger partial charge in [0.25, 0.3) is 5.91 Å². The smallest absolute Gasteiger partial charge is 0.306 e. The fourth-order valence-corrected chi connectivity index (χ4v) is 5.29. The predicted molar refractivity (Wildman–Crippen MR) is 141 cm³/mol. The van der Waals surface area contributed by atoms with Crippen LogP contribution in [0.5, 0.6) is 0 Å². The number of amides is 2. The number of rotatable bonds is 8. The number of nitrogens with one attached hydrogen (secondary N) is 1. The summed E-state index contributed by atoms with van der Waals surface area (Å²) in [5.74, 6) is -0.377. The van der Waals surface area contributed by atoms with Crippen molar-refractivity contribution in [1.82, 2.24) is 9.88 Å². The van der Waals surface area contributed by atoms with Crippen LogP contribution in [0.25, 0.3) is 11.1 Å². The monoisotopic (exact) mass is 505 g/mol. The maximum absolute atomic E-state index is 13.0. The Morgan fingerprint density at radius 1 is 1.06 bits per heavy atom. The van der Waals surface area contributed by atoms with Crippen molar-refractivity contribution in [3.05, 3.63) is 70.2 Å². The van der Waals surface area contributed by atoms with Crippen LogP contribution in [-0.2, 0) is 14.3 Å². The van der Waals surface area contributed by atoms with Crippen LogP contribution < -0.4 is 5.32 Å². The van der Waals surface area contributed by atoms with Crippen molar-refractivity contribution in [2.45, 2.75) is 45.4 Å². The van der Waals surface area contributed by atoms with E-state index >= 15 is 0 Å². The fraction of sp³-hybridized carbons (Fsp3) is 0.357. The molecule has 4 rings (SSSR count). The molecule has 1 saturated heterocycles. The van der Waals surface area contributed by atoms with E-state index in [2.05, 4.69) is 34.6 Å². The summed E-state index contributed by atoms with van der Waals surface area (Å²) in [5, 5.41) is 5.75. The standard InChI is InChI=1S/C28H31N3O4S/c1-3-35-26(33)13-12-25(32)31-16-14-21(15-17-31)28-30-24(18-36-28)27(34)29-23-7-5-4-6-22(23)20-10-8-19(2)9-11-20/h4-11,18,21H,3,12-17H2,1-2H3,(H,29,34). The lowest BCUT2D eigenvalue weighted by Gasteiger charge is -2.31. The van der Waals surface area contributed by atoms with Crippen molar-refractivity contribution >= 4 is 34.8 Å². The molecule has 0 atom stereocenters. The summed E-state index contributed by atoms with van der Waals surface area (Å²) in [6.45, 7) is 5.37. The molecule has 0 spiro atoms. The van der Waals surface area contributed by atoms with Crippen LogP contribution >= 0.6 is 11.3 Å². The zero-order valence-electron chi connectivity index (χ0n) is 20.7. The number of nitrogens with zero attached hydrogens (tertiary/aromatic N) is 2. The van der Waals surface area contributed by atoms with Gasteiger partial charge in [0.1, 0.15) is 5.69 Å². The first-order valence-corrected chi connectivity index (χ1v) is 13.2. The number of hydrogen-bond acceptors (Lipinski definition) is 6. The SMILES string of the molecule is CCOC(=O)CCC(=O)N1CCC(c2nc(C(=O)Nc3ccccc3-c3ccc(C)cc3)cs2)CC1. The number of aryl methyl sites for hydroxylation is 1. The third kappa shape index (κ3) is 6.37. The molecule has 1 aliphatic rings. The summed E-state index contributed by atoms with van der Waals surface area (Å²) in [6, 6.07) is 16.0. The summed E-state index contributed by atoms with van der Waals surface area (Å²) in [5.41, 5.74) is 4.33. The molecule has 2 amide bonds. The van der Waals surface area contributed by atoms with Crippen LogP contribution in [0.15, 0.2) is 53.9 Å². The van der Waals surface area contributed by atoms with E-state index in [1.165, 1.54) is 16.9 Å². The molecular weight excluding hydrogens is 474 g/mol. The van der Waals surface area contributed by atoms with E-state index < -0.39 is 0 Å². The zero-order chi connectivity index (χ0) is 25.5. The second-order valence-corrected chi connectivity index (χ2v) is 9.79. The molecule has 0 bridgehead atoms. The summed E-state index contributed by atoms with van der Waals surface area (Å²) >= 11 is 1.49. The molecule has 36 heavy (non-hydrogen) atoms. The second-order valence-electron chi connectivity index (χ2n) is 8.90. The topological polar surface area (TPSA) is 88.6 Å². The number of para-hydroxylation sites is 1. The quantitative estimate of drug-likeness (QED) is 0.413. The van der Waals surface area contributed by atoms with Gasteiger partial charge in [-0.3, -0.25) is 14.4 Å². The Morgan fingerprint density at radius 2 is 1.78 bits per heavy atom. The van der Waals surface area contributed by atoms with Crippen LogP contribution in [0, 0.1) is 6.92 Å². The Kier molecular flexibility index (Phi) is 8.48. The molecular formula is C28H31N3O4S. The van der Waals surface area contributed by atoms with Crippen LogP contribution in [0.1, 0.15) is 59.6 Å². The third-order valence-electron chi connectivity index (χ3n) is 6.34. The van der Waals surface area contributed by atoms with Crippen LogP contribution in [0.3, 0.4) is 0 Å². The Hall–Kier alpha value is -3.52. The van der Waals surface area contributed by atoms with E-state index in [1.54, 1.807) is 17.2 Å². The molecule has 1 aliphatic heterocycles. The number of ether oxygens (including phenoxy) is 1. The number of anilines is 1. The van der Waals surface area contributed by atoms with Gasteiger partial charge in [-0.05, 0) is 38.3 Å². The fourth-order valence-electron chi connectivity index (χ4n) is 4.32. The van der Waals surface area contributed by atoms with Gasteiger partial charge < -0.3 is 15.0 Å². The first-order valence-electron chi connectivity index (χ1n) is 12.3. The lowest BCUT2D eigenvalue weighted by Crippen LogP contribution is -2.38. The Morgan fingerprint density at radius 3 is 2.50 bits per heavy atom. The molecule has 1 aromatic heterocycles. The first-order chi connectivity index (χ1) is 17.4. The molecule has 0 radical (unpaired) electrons. The maximum Gasteiger partial charge on any atom is 0.306 e. The number of esters is 1. The van der Waals surface area contributed by atoms with Gasteiger partial charge in [-0.15, -0.1) is 11.3 Å². The van der Waals surface area contributed by atoms with E-state index in [0.717, 1.165) is 34.7 Å². The number of hydrogen-bond donors (Lipinski definition) is 1. The van der Waals surface area contributed by atoms with Gasteiger partial charge in [-0.25, -0.2) is 4.98 Å². The minimum Gasteiger partial charge on any atom is -0.466 e. The highest BCUT2D eigenvalue weighted by atomic mass is 32.1. The van der Waals surface area contributed by atoms with E-state index in [4.69, 9.17) is 4.74 Å². The van der Waals surface area contributed by atoms with Crippen molar-refractivity contribution in [3.63, 3.8) is 0 Å². The summed E-state index contributed by atoms with van der Waals surface area (Å²) < 4.78 is 4.90. The molecule has 3 aromatic rings. The summed E-state index contributed by atoms with van der Waals surface area (Å²) in [7, 11) is 0. The number of thiazole rings is 1. The minimum atomic E-state index is -0.337. The molecule has 188 valence electrons. The molecule has 7 nitrogen and oxygen atoms in total. The Balaban J connectivity index is 1.34. The van der Waals surface area contributed by atoms with Gasteiger partial charge in [0.15, 0.2) is 0 Å². The average Bonchev–Trinajstić information content (AvgIpc) is 3.39. The minimum absolute atomic E-state index is 0.0204. The number of aromatic nitrogens is 1. The van der Waals surface area contributed by atoms with Crippen molar-refractivity contribution in [1.29, 1.82) is 0 Å². The zero-order valence-corrected chi connectivity index (χ0v) is 21.5. The number of benzene rings is 2. The number of piperidine rings is 1. The number of likely N-dealkylation sites (tertiary alicyclic amines) is 1. The van der Waals surface area contributed by atoms with Crippen molar-refractivity contribution in [2.24, 2.45) is 0 Å². The molecule has 0 saturated carbocycles. The lowest BCUT2D eigenvalue weighted by atomic mass is 9.97. The lowest BCUT2D eigenvalue weighted by molar-refractivity contribution is -0.145. The number of carbonyl (C=O) groups is 3. The Labute approximate surface area is 215 Å².